The largest absolute Gasteiger partial charge is 0.492 e. The maximum atomic E-state index is 11.4. The molecule has 1 aromatic rings. The Kier molecular flexibility index (Phi) is 3.86. The van der Waals surface area contributed by atoms with Crippen molar-refractivity contribution < 1.29 is 9.53 Å². The number of nitrogens with zero attached hydrogens (tertiary/aromatic N) is 1. The van der Waals surface area contributed by atoms with Crippen molar-refractivity contribution in [1.82, 2.24) is 0 Å². The zero-order valence-corrected chi connectivity index (χ0v) is 13.3. The van der Waals surface area contributed by atoms with Gasteiger partial charge in [0.05, 0.1) is 7.11 Å². The number of nitrogens with two attached hydrogens (primary N) is 2. The molecule has 0 radical (unpaired) electrons. The number of hydrogen-bond acceptors (Lipinski definition) is 5. The van der Waals surface area contributed by atoms with Gasteiger partial charge in [0, 0.05) is 13.1 Å². The fraction of sp³-hybridized carbons (Fsp3) is 0.643. The molecule has 0 spiro atoms. The molecule has 20 heavy (non-hydrogen) atoms. The van der Waals surface area contributed by atoms with E-state index in [1.54, 1.807) is 7.11 Å². The number of anilines is 2. The maximum Gasteiger partial charge on any atom is 0.261 e. The summed E-state index contributed by atoms with van der Waals surface area (Å²) in [6.07, 6.45) is 1.14. The van der Waals surface area contributed by atoms with E-state index in [-0.39, 0.29) is 5.41 Å². The lowest BCUT2D eigenvalue weighted by Crippen LogP contribution is -2.25. The number of primary amides is 1. The number of amides is 1. The van der Waals surface area contributed by atoms with E-state index >= 15 is 0 Å². The first-order chi connectivity index (χ1) is 9.25. The molecule has 1 fully saturated rings. The van der Waals surface area contributed by atoms with Gasteiger partial charge < -0.3 is 21.1 Å². The number of ether oxygens (including phenoxy) is 1. The van der Waals surface area contributed by atoms with Gasteiger partial charge in [-0.3, -0.25) is 4.79 Å². The molecule has 6 heteroatoms. The lowest BCUT2D eigenvalue weighted by molar-refractivity contribution is 0.100. The van der Waals surface area contributed by atoms with Gasteiger partial charge in [-0.1, -0.05) is 20.8 Å². The molecule has 0 aliphatic carbocycles. The van der Waals surface area contributed by atoms with E-state index in [1.807, 2.05) is 0 Å². The summed E-state index contributed by atoms with van der Waals surface area (Å²) in [6, 6.07) is 0. The predicted molar refractivity (Wildman–Crippen MR) is 83.6 cm³/mol. The Balaban J connectivity index is 2.30. The zero-order chi connectivity index (χ0) is 15.1. The molecule has 4 N–H and O–H groups in total. The van der Waals surface area contributed by atoms with Crippen LogP contribution < -0.4 is 21.1 Å². The van der Waals surface area contributed by atoms with Gasteiger partial charge in [0.2, 0.25) is 0 Å². The van der Waals surface area contributed by atoms with E-state index in [0.29, 0.717) is 22.2 Å². The summed E-state index contributed by atoms with van der Waals surface area (Å²) in [7, 11) is 1.57. The molecule has 1 aliphatic heterocycles. The van der Waals surface area contributed by atoms with E-state index in [4.69, 9.17) is 16.2 Å². The topological polar surface area (TPSA) is 81.6 Å². The molecule has 1 unspecified atom stereocenters. The van der Waals surface area contributed by atoms with E-state index in [9.17, 15) is 4.79 Å². The van der Waals surface area contributed by atoms with Crippen LogP contribution in [0.1, 0.15) is 36.9 Å². The Morgan fingerprint density at radius 1 is 1.45 bits per heavy atom. The lowest BCUT2D eigenvalue weighted by atomic mass is 9.80. The van der Waals surface area contributed by atoms with Crippen LogP contribution in [0.4, 0.5) is 10.7 Å². The molecule has 1 amide bonds. The number of methoxy groups -OCH3 is 1. The fourth-order valence-corrected chi connectivity index (χ4v) is 3.73. The molecular formula is C14H23N3O2S. The van der Waals surface area contributed by atoms with Crippen LogP contribution in [0.2, 0.25) is 0 Å². The van der Waals surface area contributed by atoms with E-state index in [1.165, 1.54) is 11.3 Å². The van der Waals surface area contributed by atoms with Gasteiger partial charge in [-0.15, -0.1) is 11.3 Å². The second-order valence-electron chi connectivity index (χ2n) is 6.35. The standard InChI is InChI=1S/C14H23N3O2S/c1-14(2,3)8-5-6-17(7-8)13-10(19-4)9(15)11(20-13)12(16)18/h8H,5-7,15H2,1-4H3,(H2,16,18). The predicted octanol–water partition coefficient (Wildman–Crippen LogP) is 2.31. The third-order valence-electron chi connectivity index (χ3n) is 4.01. The van der Waals surface area contributed by atoms with Crippen LogP contribution >= 0.6 is 11.3 Å². The molecule has 0 saturated carbocycles. The number of hydrogen-bond donors (Lipinski definition) is 2. The van der Waals surface area contributed by atoms with Crippen molar-refractivity contribution in [3.05, 3.63) is 4.88 Å². The van der Waals surface area contributed by atoms with Crippen LogP contribution in [0.3, 0.4) is 0 Å². The quantitative estimate of drug-likeness (QED) is 0.897. The summed E-state index contributed by atoms with van der Waals surface area (Å²) in [5.41, 5.74) is 12.0. The van der Waals surface area contributed by atoms with Crippen molar-refractivity contribution in [2.75, 3.05) is 30.8 Å². The minimum atomic E-state index is -0.497. The van der Waals surface area contributed by atoms with Gasteiger partial charge in [0.15, 0.2) is 5.75 Å². The monoisotopic (exact) mass is 297 g/mol. The van der Waals surface area contributed by atoms with Crippen molar-refractivity contribution in [2.45, 2.75) is 27.2 Å². The van der Waals surface area contributed by atoms with Crippen LogP contribution in [0.5, 0.6) is 5.75 Å². The van der Waals surface area contributed by atoms with Crippen LogP contribution in [0, 0.1) is 11.3 Å². The van der Waals surface area contributed by atoms with Crippen molar-refractivity contribution in [2.24, 2.45) is 17.1 Å². The van der Waals surface area contributed by atoms with Gasteiger partial charge in [-0.25, -0.2) is 0 Å². The molecule has 2 rings (SSSR count). The Labute approximate surface area is 123 Å². The van der Waals surface area contributed by atoms with Gasteiger partial charge in [-0.2, -0.15) is 0 Å². The van der Waals surface area contributed by atoms with E-state index in [2.05, 4.69) is 25.7 Å². The highest BCUT2D eigenvalue weighted by Crippen LogP contribution is 2.47. The molecule has 112 valence electrons. The molecule has 0 aromatic carbocycles. The Morgan fingerprint density at radius 2 is 2.10 bits per heavy atom. The minimum absolute atomic E-state index is 0.275. The first-order valence-corrected chi connectivity index (χ1v) is 7.58. The fourth-order valence-electron chi connectivity index (χ4n) is 2.66. The van der Waals surface area contributed by atoms with Gasteiger partial charge in [0.1, 0.15) is 15.6 Å². The second-order valence-corrected chi connectivity index (χ2v) is 7.34. The van der Waals surface area contributed by atoms with Crippen LogP contribution in [0.15, 0.2) is 0 Å². The average Bonchev–Trinajstić information content (AvgIpc) is 2.91. The smallest absolute Gasteiger partial charge is 0.261 e. The van der Waals surface area contributed by atoms with Crippen molar-refractivity contribution >= 4 is 27.9 Å². The number of carbonyl (C=O) groups is 1. The third kappa shape index (κ3) is 2.57. The average molecular weight is 297 g/mol. The molecule has 1 aliphatic rings. The van der Waals surface area contributed by atoms with Gasteiger partial charge in [-0.05, 0) is 17.8 Å². The van der Waals surface area contributed by atoms with Gasteiger partial charge >= 0.3 is 0 Å². The zero-order valence-electron chi connectivity index (χ0n) is 12.5. The van der Waals surface area contributed by atoms with Crippen molar-refractivity contribution in [1.29, 1.82) is 0 Å². The SMILES string of the molecule is COc1c(N2CCC(C(C)(C)C)C2)sc(C(N)=O)c1N. The molecule has 1 saturated heterocycles. The van der Waals surface area contributed by atoms with Gasteiger partial charge in [0.25, 0.3) is 5.91 Å². The summed E-state index contributed by atoms with van der Waals surface area (Å²) in [4.78, 5) is 14.1. The van der Waals surface area contributed by atoms with E-state index < -0.39 is 5.91 Å². The minimum Gasteiger partial charge on any atom is -0.492 e. The molecule has 2 heterocycles. The van der Waals surface area contributed by atoms with Crippen LogP contribution in [-0.4, -0.2) is 26.1 Å². The Morgan fingerprint density at radius 3 is 2.55 bits per heavy atom. The first kappa shape index (κ1) is 15.0. The number of thiophene rings is 1. The molecule has 5 nitrogen and oxygen atoms in total. The maximum absolute atomic E-state index is 11.4. The van der Waals surface area contributed by atoms with E-state index in [0.717, 1.165) is 24.5 Å². The Bertz CT molecular complexity index is 519. The highest BCUT2D eigenvalue weighted by Gasteiger charge is 2.34. The van der Waals surface area contributed by atoms with Crippen LogP contribution in [0.25, 0.3) is 0 Å². The molecule has 1 atom stereocenters. The number of rotatable bonds is 3. The highest BCUT2D eigenvalue weighted by atomic mass is 32.1. The molecular weight excluding hydrogens is 274 g/mol. The van der Waals surface area contributed by atoms with Crippen molar-refractivity contribution in [3.63, 3.8) is 0 Å². The second kappa shape index (κ2) is 5.16. The number of carbonyl (C=O) groups excluding carboxylic acids is 1. The third-order valence-corrected chi connectivity index (χ3v) is 5.27. The summed E-state index contributed by atoms with van der Waals surface area (Å²) < 4.78 is 5.38. The Hall–Kier alpha value is -1.43. The summed E-state index contributed by atoms with van der Waals surface area (Å²) in [6.45, 7) is 8.69. The summed E-state index contributed by atoms with van der Waals surface area (Å²) >= 11 is 1.33. The highest BCUT2D eigenvalue weighted by molar-refractivity contribution is 7.19. The number of nitrogen functional groups attached to an aromatic ring is 1. The van der Waals surface area contributed by atoms with Crippen LogP contribution in [-0.2, 0) is 0 Å². The van der Waals surface area contributed by atoms with Crippen molar-refractivity contribution in [3.8, 4) is 5.75 Å². The summed E-state index contributed by atoms with van der Waals surface area (Å²) in [5.74, 6) is 0.703. The summed E-state index contributed by atoms with van der Waals surface area (Å²) in [5, 5.41) is 0.922. The first-order valence-electron chi connectivity index (χ1n) is 6.76. The molecule has 0 bridgehead atoms. The lowest BCUT2D eigenvalue weighted by Gasteiger charge is -2.27. The normalized spacial score (nSPS) is 19.4. The molecule has 1 aromatic heterocycles.